The minimum Gasteiger partial charge on any atom is -0.481 e. The van der Waals surface area contributed by atoms with Crippen LogP contribution in [0, 0.1) is 5.92 Å². The summed E-state index contributed by atoms with van der Waals surface area (Å²) < 4.78 is 5.69. The molecule has 1 unspecified atom stereocenters. The minimum atomic E-state index is -0.819. The van der Waals surface area contributed by atoms with E-state index in [1.54, 1.807) is 19.1 Å². The molecule has 0 amide bonds. The van der Waals surface area contributed by atoms with Crippen LogP contribution in [0.2, 0.25) is 0 Å². The highest BCUT2D eigenvalue weighted by atomic mass is 32.1. The quantitative estimate of drug-likeness (QED) is 0.889. The van der Waals surface area contributed by atoms with E-state index in [9.17, 15) is 9.59 Å². The fourth-order valence-electron chi connectivity index (χ4n) is 1.48. The fraction of sp³-hybridized carbons (Fsp3) is 0.273. The second kappa shape index (κ2) is 4.09. The third kappa shape index (κ3) is 2.14. The highest BCUT2D eigenvalue weighted by Gasteiger charge is 2.12. The molecular weight excluding hydrogens is 228 g/mol. The second-order valence-electron chi connectivity index (χ2n) is 3.68. The maximum atomic E-state index is 11.0. The van der Waals surface area contributed by atoms with Crippen LogP contribution < -0.4 is 4.94 Å². The highest BCUT2D eigenvalue weighted by Crippen LogP contribution is 2.20. The van der Waals surface area contributed by atoms with Gasteiger partial charge in [0.15, 0.2) is 0 Å². The SMILES string of the molecule is CC(Cc1ccc2oc(=O)sc2c1)C(=O)O. The highest BCUT2D eigenvalue weighted by molar-refractivity contribution is 7.16. The first-order valence-electron chi connectivity index (χ1n) is 4.81. The van der Waals surface area contributed by atoms with E-state index in [1.807, 2.05) is 6.07 Å². The van der Waals surface area contributed by atoms with Gasteiger partial charge in [0.1, 0.15) is 5.58 Å². The van der Waals surface area contributed by atoms with Gasteiger partial charge in [-0.05, 0) is 24.1 Å². The maximum absolute atomic E-state index is 11.0. The van der Waals surface area contributed by atoms with E-state index in [0.717, 1.165) is 21.6 Å². The monoisotopic (exact) mass is 238 g/mol. The zero-order valence-electron chi connectivity index (χ0n) is 8.60. The lowest BCUT2D eigenvalue weighted by atomic mass is 10.0. The molecule has 16 heavy (non-hydrogen) atoms. The van der Waals surface area contributed by atoms with Gasteiger partial charge in [-0.25, -0.2) is 4.79 Å². The van der Waals surface area contributed by atoms with Gasteiger partial charge in [0, 0.05) is 0 Å². The normalized spacial score (nSPS) is 12.8. The van der Waals surface area contributed by atoms with E-state index in [1.165, 1.54) is 0 Å². The summed E-state index contributed by atoms with van der Waals surface area (Å²) in [7, 11) is 0. The zero-order valence-corrected chi connectivity index (χ0v) is 9.41. The van der Waals surface area contributed by atoms with Crippen molar-refractivity contribution in [1.29, 1.82) is 0 Å². The topological polar surface area (TPSA) is 67.5 Å². The van der Waals surface area contributed by atoms with Gasteiger partial charge in [-0.2, -0.15) is 0 Å². The smallest absolute Gasteiger partial charge is 0.396 e. The lowest BCUT2D eigenvalue weighted by Gasteiger charge is -2.05. The number of fused-ring (bicyclic) bond motifs is 1. The predicted molar refractivity (Wildman–Crippen MR) is 60.9 cm³/mol. The standard InChI is InChI=1S/C11H10O4S/c1-6(10(12)13)4-7-2-3-8-9(5-7)16-11(14)15-8/h2-3,5-6H,4H2,1H3,(H,12,13). The molecule has 0 aliphatic rings. The van der Waals surface area contributed by atoms with E-state index < -0.39 is 11.9 Å². The Balaban J connectivity index is 2.32. The molecule has 0 saturated heterocycles. The van der Waals surface area contributed by atoms with Gasteiger partial charge in [-0.3, -0.25) is 4.79 Å². The van der Waals surface area contributed by atoms with E-state index >= 15 is 0 Å². The van der Waals surface area contributed by atoms with Crippen molar-refractivity contribution in [3.05, 3.63) is 33.5 Å². The molecule has 4 nitrogen and oxygen atoms in total. The Hall–Kier alpha value is -1.62. The van der Waals surface area contributed by atoms with Gasteiger partial charge in [0.25, 0.3) is 0 Å². The Labute approximate surface area is 95.1 Å². The first-order valence-corrected chi connectivity index (χ1v) is 5.63. The van der Waals surface area contributed by atoms with Gasteiger partial charge < -0.3 is 9.52 Å². The van der Waals surface area contributed by atoms with Crippen molar-refractivity contribution in [1.82, 2.24) is 0 Å². The van der Waals surface area contributed by atoms with Crippen LogP contribution in [0.15, 0.2) is 27.4 Å². The van der Waals surface area contributed by atoms with Crippen LogP contribution in [-0.4, -0.2) is 11.1 Å². The van der Waals surface area contributed by atoms with Gasteiger partial charge in [0.2, 0.25) is 0 Å². The number of hydrogen-bond donors (Lipinski definition) is 1. The molecule has 0 bridgehead atoms. The molecule has 84 valence electrons. The average molecular weight is 238 g/mol. The summed E-state index contributed by atoms with van der Waals surface area (Å²) in [4.78, 5) is 21.4. The van der Waals surface area contributed by atoms with Crippen LogP contribution in [0.3, 0.4) is 0 Å². The number of carboxylic acid groups (broad SMARTS) is 1. The largest absolute Gasteiger partial charge is 0.481 e. The Kier molecular flexibility index (Phi) is 2.78. The van der Waals surface area contributed by atoms with Crippen LogP contribution in [0.5, 0.6) is 0 Å². The minimum absolute atomic E-state index is 0.335. The Bertz CT molecular complexity index is 581. The number of rotatable bonds is 3. The summed E-state index contributed by atoms with van der Waals surface area (Å²) >= 11 is 1.03. The summed E-state index contributed by atoms with van der Waals surface area (Å²) in [6.45, 7) is 1.66. The number of carboxylic acids is 1. The average Bonchev–Trinajstić information content (AvgIpc) is 2.57. The number of carbonyl (C=O) groups is 1. The Morgan fingerprint density at radius 2 is 2.31 bits per heavy atom. The molecule has 0 spiro atoms. The predicted octanol–water partition coefficient (Wildman–Crippen LogP) is 2.12. The lowest BCUT2D eigenvalue weighted by molar-refractivity contribution is -0.141. The summed E-state index contributed by atoms with van der Waals surface area (Å²) in [6, 6.07) is 5.30. The Morgan fingerprint density at radius 3 is 3.00 bits per heavy atom. The first-order chi connectivity index (χ1) is 7.56. The summed E-state index contributed by atoms with van der Waals surface area (Å²) in [5, 5.41) is 8.79. The molecule has 2 aromatic rings. The maximum Gasteiger partial charge on any atom is 0.396 e. The van der Waals surface area contributed by atoms with Crippen LogP contribution in [-0.2, 0) is 11.2 Å². The number of benzene rings is 1. The first kappa shape index (κ1) is 10.9. The van der Waals surface area contributed by atoms with Crippen molar-refractivity contribution in [2.45, 2.75) is 13.3 Å². The number of aliphatic carboxylic acids is 1. The van der Waals surface area contributed by atoms with Crippen molar-refractivity contribution in [3.63, 3.8) is 0 Å². The van der Waals surface area contributed by atoms with E-state index in [2.05, 4.69) is 0 Å². The van der Waals surface area contributed by atoms with Crippen LogP contribution >= 0.6 is 11.3 Å². The molecule has 1 aromatic carbocycles. The van der Waals surface area contributed by atoms with Gasteiger partial charge in [-0.1, -0.05) is 24.3 Å². The van der Waals surface area contributed by atoms with Crippen LogP contribution in [0.25, 0.3) is 10.3 Å². The fourth-order valence-corrected chi connectivity index (χ4v) is 2.22. The molecule has 0 radical (unpaired) electrons. The van der Waals surface area contributed by atoms with Crippen molar-refractivity contribution >= 4 is 27.6 Å². The van der Waals surface area contributed by atoms with Crippen molar-refractivity contribution in [2.75, 3.05) is 0 Å². The van der Waals surface area contributed by atoms with Crippen molar-refractivity contribution < 1.29 is 14.3 Å². The van der Waals surface area contributed by atoms with E-state index in [0.29, 0.717) is 12.0 Å². The molecule has 1 heterocycles. The third-order valence-corrected chi connectivity index (χ3v) is 3.15. The van der Waals surface area contributed by atoms with E-state index in [-0.39, 0.29) is 4.94 Å². The molecule has 1 N–H and O–H groups in total. The van der Waals surface area contributed by atoms with E-state index in [4.69, 9.17) is 9.52 Å². The summed E-state index contributed by atoms with van der Waals surface area (Å²) in [5.74, 6) is -1.25. The molecule has 1 atom stereocenters. The van der Waals surface area contributed by atoms with Gasteiger partial charge >= 0.3 is 10.9 Å². The molecule has 0 fully saturated rings. The molecule has 1 aromatic heterocycles. The lowest BCUT2D eigenvalue weighted by Crippen LogP contribution is -2.11. The summed E-state index contributed by atoms with van der Waals surface area (Å²) in [5.41, 5.74) is 1.46. The van der Waals surface area contributed by atoms with Crippen LogP contribution in [0.4, 0.5) is 0 Å². The Morgan fingerprint density at radius 1 is 1.56 bits per heavy atom. The van der Waals surface area contributed by atoms with Gasteiger partial charge in [0.05, 0.1) is 10.6 Å². The van der Waals surface area contributed by atoms with Crippen molar-refractivity contribution in [3.8, 4) is 0 Å². The number of hydrogen-bond acceptors (Lipinski definition) is 4. The summed E-state index contributed by atoms with van der Waals surface area (Å²) in [6.07, 6.45) is 0.456. The second-order valence-corrected chi connectivity index (χ2v) is 4.66. The van der Waals surface area contributed by atoms with Crippen LogP contribution in [0.1, 0.15) is 12.5 Å². The zero-order chi connectivity index (χ0) is 11.7. The molecule has 0 aliphatic carbocycles. The third-order valence-electron chi connectivity index (χ3n) is 2.36. The molecule has 5 heteroatoms. The molecule has 2 rings (SSSR count). The van der Waals surface area contributed by atoms with Gasteiger partial charge in [-0.15, -0.1) is 0 Å². The molecular formula is C11H10O4S. The molecule has 0 saturated carbocycles. The van der Waals surface area contributed by atoms with Crippen molar-refractivity contribution in [2.24, 2.45) is 5.92 Å². The molecule has 0 aliphatic heterocycles.